The summed E-state index contributed by atoms with van der Waals surface area (Å²) >= 11 is 0. The lowest BCUT2D eigenvalue weighted by Gasteiger charge is -2.20. The Morgan fingerprint density at radius 3 is 2.43 bits per heavy atom. The fourth-order valence-corrected chi connectivity index (χ4v) is 3.41. The van der Waals surface area contributed by atoms with E-state index in [1.54, 1.807) is 13.0 Å². The first-order valence-electron chi connectivity index (χ1n) is 10.4. The van der Waals surface area contributed by atoms with Gasteiger partial charge < -0.3 is 14.8 Å². The second-order valence-corrected chi connectivity index (χ2v) is 8.95. The average Bonchev–Trinajstić information content (AvgIpc) is 3.17. The van der Waals surface area contributed by atoms with Crippen LogP contribution in [-0.2, 0) is 11.8 Å². The monoisotopic (exact) mass is 405 g/mol. The van der Waals surface area contributed by atoms with Gasteiger partial charge in [-0.3, -0.25) is 4.79 Å². The van der Waals surface area contributed by atoms with E-state index in [4.69, 9.17) is 4.42 Å². The van der Waals surface area contributed by atoms with Crippen molar-refractivity contribution in [1.82, 2.24) is 5.32 Å². The highest BCUT2D eigenvalue weighted by atomic mass is 16.4. The number of carbonyl (C=O) groups is 1. The van der Waals surface area contributed by atoms with Crippen molar-refractivity contribution in [3.8, 4) is 0 Å². The summed E-state index contributed by atoms with van der Waals surface area (Å²) in [6, 6.07) is 18.9. The average molecular weight is 406 g/mol. The van der Waals surface area contributed by atoms with E-state index >= 15 is 0 Å². The second kappa shape index (κ2) is 8.88. The standard InChI is InChI=1S/C26H31NO3/c1-17-11-12-21(26(3,4)5)15-20(17)16-22-13-14-23(30-22)25(29)27-18(2)24(28)19-9-7-6-8-10-19/h6-15,18,24,28H,16H2,1-5H3,(H,27,29)/t18-,24-/m0/s1. The topological polar surface area (TPSA) is 62.5 Å². The van der Waals surface area contributed by atoms with E-state index in [0.717, 1.165) is 11.3 Å². The van der Waals surface area contributed by atoms with Crippen molar-refractivity contribution < 1.29 is 14.3 Å². The molecule has 2 atom stereocenters. The van der Waals surface area contributed by atoms with Crippen molar-refractivity contribution in [2.75, 3.05) is 0 Å². The smallest absolute Gasteiger partial charge is 0.287 e. The molecule has 1 amide bonds. The molecule has 0 spiro atoms. The van der Waals surface area contributed by atoms with Crippen molar-refractivity contribution >= 4 is 5.91 Å². The van der Waals surface area contributed by atoms with Crippen LogP contribution in [0.5, 0.6) is 0 Å². The lowest BCUT2D eigenvalue weighted by atomic mass is 9.85. The molecule has 4 nitrogen and oxygen atoms in total. The number of nitrogens with one attached hydrogen (secondary N) is 1. The van der Waals surface area contributed by atoms with Gasteiger partial charge in [0.05, 0.1) is 12.1 Å². The van der Waals surface area contributed by atoms with Crippen LogP contribution in [0.2, 0.25) is 0 Å². The number of rotatable bonds is 6. The minimum atomic E-state index is -0.785. The lowest BCUT2D eigenvalue weighted by Crippen LogP contribution is -2.36. The van der Waals surface area contributed by atoms with Gasteiger partial charge in [-0.1, -0.05) is 69.3 Å². The molecule has 3 rings (SSSR count). The molecule has 1 aromatic heterocycles. The summed E-state index contributed by atoms with van der Waals surface area (Å²) in [6.45, 7) is 10.5. The Morgan fingerprint density at radius 2 is 1.77 bits per heavy atom. The zero-order valence-electron chi connectivity index (χ0n) is 18.4. The molecule has 0 aliphatic rings. The van der Waals surface area contributed by atoms with Gasteiger partial charge in [0.2, 0.25) is 0 Å². The number of aliphatic hydroxyl groups excluding tert-OH is 1. The molecule has 30 heavy (non-hydrogen) atoms. The van der Waals surface area contributed by atoms with Gasteiger partial charge in [0, 0.05) is 6.42 Å². The summed E-state index contributed by atoms with van der Waals surface area (Å²) < 4.78 is 5.82. The van der Waals surface area contributed by atoms with Gasteiger partial charge in [-0.15, -0.1) is 0 Å². The quantitative estimate of drug-likeness (QED) is 0.583. The van der Waals surface area contributed by atoms with Crippen molar-refractivity contribution in [1.29, 1.82) is 0 Å². The molecule has 2 aromatic carbocycles. The molecular formula is C26H31NO3. The zero-order valence-corrected chi connectivity index (χ0v) is 18.4. The molecule has 0 saturated carbocycles. The molecule has 0 aliphatic carbocycles. The number of aliphatic hydroxyl groups is 1. The highest BCUT2D eigenvalue weighted by molar-refractivity contribution is 5.91. The molecule has 1 heterocycles. The molecule has 0 unspecified atom stereocenters. The van der Waals surface area contributed by atoms with Crippen LogP contribution in [0.4, 0.5) is 0 Å². The predicted octanol–water partition coefficient (Wildman–Crippen LogP) is 5.33. The van der Waals surface area contributed by atoms with Crippen LogP contribution in [0.15, 0.2) is 65.1 Å². The van der Waals surface area contributed by atoms with Gasteiger partial charge in [0.15, 0.2) is 5.76 Å². The Hall–Kier alpha value is -2.85. The van der Waals surface area contributed by atoms with Crippen LogP contribution in [-0.4, -0.2) is 17.1 Å². The zero-order chi connectivity index (χ0) is 21.9. The van der Waals surface area contributed by atoms with E-state index in [1.807, 2.05) is 36.4 Å². The number of aryl methyl sites for hydroxylation is 1. The van der Waals surface area contributed by atoms with Gasteiger partial charge >= 0.3 is 0 Å². The first-order chi connectivity index (χ1) is 14.1. The maximum atomic E-state index is 12.6. The van der Waals surface area contributed by atoms with Crippen molar-refractivity contribution in [3.05, 3.63) is 94.4 Å². The van der Waals surface area contributed by atoms with E-state index in [-0.39, 0.29) is 17.1 Å². The molecule has 0 radical (unpaired) electrons. The van der Waals surface area contributed by atoms with Crippen LogP contribution in [0.3, 0.4) is 0 Å². The Kier molecular flexibility index (Phi) is 6.47. The third-order valence-corrected chi connectivity index (χ3v) is 5.44. The van der Waals surface area contributed by atoms with Crippen LogP contribution in [0.25, 0.3) is 0 Å². The van der Waals surface area contributed by atoms with Crippen LogP contribution >= 0.6 is 0 Å². The molecule has 0 aliphatic heterocycles. The van der Waals surface area contributed by atoms with Gasteiger partial charge in [-0.25, -0.2) is 0 Å². The predicted molar refractivity (Wildman–Crippen MR) is 120 cm³/mol. The molecule has 2 N–H and O–H groups in total. The maximum Gasteiger partial charge on any atom is 0.287 e. The molecule has 158 valence electrons. The molecule has 3 aromatic rings. The summed E-state index contributed by atoms with van der Waals surface area (Å²) in [6.07, 6.45) is -0.155. The largest absolute Gasteiger partial charge is 0.456 e. The number of benzene rings is 2. The summed E-state index contributed by atoms with van der Waals surface area (Å²) in [4.78, 5) is 12.6. The number of hydrogen-bond acceptors (Lipinski definition) is 3. The minimum absolute atomic E-state index is 0.0758. The van der Waals surface area contributed by atoms with Gasteiger partial charge in [-0.2, -0.15) is 0 Å². The van der Waals surface area contributed by atoms with E-state index in [2.05, 4.69) is 51.2 Å². The van der Waals surface area contributed by atoms with Crippen LogP contribution in [0.1, 0.15) is 72.4 Å². The Labute approximate surface area is 178 Å². The van der Waals surface area contributed by atoms with E-state index < -0.39 is 12.1 Å². The first-order valence-corrected chi connectivity index (χ1v) is 10.4. The van der Waals surface area contributed by atoms with Gasteiger partial charge in [-0.05, 0) is 53.6 Å². The Balaban J connectivity index is 1.68. The second-order valence-electron chi connectivity index (χ2n) is 8.95. The van der Waals surface area contributed by atoms with E-state index in [9.17, 15) is 9.90 Å². The Bertz CT molecular complexity index is 999. The van der Waals surface area contributed by atoms with Gasteiger partial charge in [0.25, 0.3) is 5.91 Å². The van der Waals surface area contributed by atoms with Crippen molar-refractivity contribution in [2.45, 2.75) is 58.6 Å². The fourth-order valence-electron chi connectivity index (χ4n) is 3.41. The summed E-state index contributed by atoms with van der Waals surface area (Å²) in [5.74, 6) is 0.663. The normalized spacial score (nSPS) is 13.7. The number of carbonyl (C=O) groups excluding carboxylic acids is 1. The third-order valence-electron chi connectivity index (χ3n) is 5.44. The summed E-state index contributed by atoms with van der Waals surface area (Å²) in [7, 11) is 0. The maximum absolute atomic E-state index is 12.6. The highest BCUT2D eigenvalue weighted by Gasteiger charge is 2.21. The fraction of sp³-hybridized carbons (Fsp3) is 0.346. The first kappa shape index (κ1) is 21.8. The van der Waals surface area contributed by atoms with Crippen molar-refractivity contribution in [2.24, 2.45) is 0 Å². The van der Waals surface area contributed by atoms with Gasteiger partial charge in [0.1, 0.15) is 5.76 Å². The molecular weight excluding hydrogens is 374 g/mol. The molecule has 0 bridgehead atoms. The third kappa shape index (κ3) is 5.19. The molecule has 0 saturated heterocycles. The SMILES string of the molecule is Cc1ccc(C(C)(C)C)cc1Cc1ccc(C(=O)N[C@@H](C)[C@H](O)c2ccccc2)o1. The van der Waals surface area contributed by atoms with Crippen molar-refractivity contribution in [3.63, 3.8) is 0 Å². The number of furan rings is 1. The number of amides is 1. The van der Waals surface area contributed by atoms with Crippen LogP contribution in [0, 0.1) is 6.92 Å². The summed E-state index contributed by atoms with van der Waals surface area (Å²) in [5, 5.41) is 13.3. The van der Waals surface area contributed by atoms with E-state index in [1.165, 1.54) is 16.7 Å². The van der Waals surface area contributed by atoms with E-state index in [0.29, 0.717) is 6.42 Å². The minimum Gasteiger partial charge on any atom is -0.456 e. The Morgan fingerprint density at radius 1 is 1.07 bits per heavy atom. The van der Waals surface area contributed by atoms with Crippen LogP contribution < -0.4 is 5.32 Å². The highest BCUT2D eigenvalue weighted by Crippen LogP contribution is 2.26. The number of hydrogen-bond donors (Lipinski definition) is 2. The molecule has 4 heteroatoms. The summed E-state index contributed by atoms with van der Waals surface area (Å²) in [5.41, 5.74) is 4.50. The lowest BCUT2D eigenvalue weighted by molar-refractivity contribution is 0.0824. The molecule has 0 fully saturated rings.